The molecule has 0 aliphatic rings. The Morgan fingerprint density at radius 1 is 1.43 bits per heavy atom. The molecule has 0 saturated carbocycles. The summed E-state index contributed by atoms with van der Waals surface area (Å²) in [6.45, 7) is 5.44. The van der Waals surface area contributed by atoms with Gasteiger partial charge in [0.25, 0.3) is 0 Å². The maximum Gasteiger partial charge on any atom is 0.239 e. The van der Waals surface area contributed by atoms with Gasteiger partial charge in [-0.1, -0.05) is 13.0 Å². The molecule has 118 valence electrons. The van der Waals surface area contributed by atoms with Gasteiger partial charge in [0.05, 0.1) is 18.5 Å². The zero-order valence-electron chi connectivity index (χ0n) is 12.7. The first-order valence-electron chi connectivity index (χ1n) is 6.68. The predicted octanol–water partition coefficient (Wildman–Crippen LogP) is 2.76. The van der Waals surface area contributed by atoms with Crippen LogP contribution >= 0.6 is 15.9 Å². The summed E-state index contributed by atoms with van der Waals surface area (Å²) in [5.41, 5.74) is 1.69. The quantitative estimate of drug-likeness (QED) is 0.829. The molecule has 0 spiro atoms. The molecule has 0 aliphatic carbocycles. The van der Waals surface area contributed by atoms with Crippen LogP contribution < -0.4 is 5.32 Å². The predicted molar refractivity (Wildman–Crippen MR) is 88.8 cm³/mol. The summed E-state index contributed by atoms with van der Waals surface area (Å²) in [5, 5.41) is 2.73. The second kappa shape index (κ2) is 7.38. The molecule has 0 radical (unpaired) electrons. The first kappa shape index (κ1) is 18.1. The number of rotatable bonds is 6. The number of nitrogens with zero attached hydrogens (tertiary/aromatic N) is 1. The largest absolute Gasteiger partial charge is 0.324 e. The summed E-state index contributed by atoms with van der Waals surface area (Å²) < 4.78 is 25.5. The Bertz CT molecular complexity index is 617. The van der Waals surface area contributed by atoms with Crippen LogP contribution in [0.2, 0.25) is 0 Å². The maximum atomic E-state index is 12.1. The zero-order chi connectivity index (χ0) is 16.2. The van der Waals surface area contributed by atoms with E-state index in [0.717, 1.165) is 16.3 Å². The molecule has 1 unspecified atom stereocenters. The molecule has 5 nitrogen and oxygen atoms in total. The van der Waals surface area contributed by atoms with E-state index in [1.54, 1.807) is 13.0 Å². The van der Waals surface area contributed by atoms with E-state index in [-0.39, 0.29) is 18.5 Å². The Balaban J connectivity index is 2.84. The fourth-order valence-corrected chi connectivity index (χ4v) is 3.60. The second-order valence-electron chi connectivity index (χ2n) is 5.10. The molecule has 1 atom stereocenters. The summed E-state index contributed by atoms with van der Waals surface area (Å²) in [6.07, 6.45) is 1.77. The summed E-state index contributed by atoms with van der Waals surface area (Å²) >= 11 is 3.38. The van der Waals surface area contributed by atoms with Crippen LogP contribution in [0.1, 0.15) is 25.8 Å². The molecule has 0 aliphatic heterocycles. The monoisotopic (exact) mass is 376 g/mol. The van der Waals surface area contributed by atoms with Crippen molar-refractivity contribution >= 4 is 37.5 Å². The lowest BCUT2D eigenvalue weighted by molar-refractivity contribution is -0.116. The zero-order valence-corrected chi connectivity index (χ0v) is 15.1. The third-order valence-electron chi connectivity index (χ3n) is 3.21. The summed E-state index contributed by atoms with van der Waals surface area (Å²) in [6, 6.07) is 5.33. The molecule has 1 aromatic carbocycles. The van der Waals surface area contributed by atoms with Gasteiger partial charge in [-0.15, -0.1) is 0 Å². The smallest absolute Gasteiger partial charge is 0.239 e. The molecule has 0 saturated heterocycles. The highest BCUT2D eigenvalue weighted by molar-refractivity contribution is 9.10. The Morgan fingerprint density at radius 3 is 2.52 bits per heavy atom. The van der Waals surface area contributed by atoms with E-state index in [2.05, 4.69) is 21.2 Å². The maximum absolute atomic E-state index is 12.1. The van der Waals surface area contributed by atoms with E-state index < -0.39 is 10.0 Å². The van der Waals surface area contributed by atoms with Crippen molar-refractivity contribution in [2.24, 2.45) is 0 Å². The van der Waals surface area contributed by atoms with Gasteiger partial charge in [0, 0.05) is 10.5 Å². The van der Waals surface area contributed by atoms with E-state index in [9.17, 15) is 13.2 Å². The Labute approximate surface area is 134 Å². The van der Waals surface area contributed by atoms with Crippen LogP contribution in [0.5, 0.6) is 0 Å². The lowest BCUT2D eigenvalue weighted by Gasteiger charge is -2.25. The van der Waals surface area contributed by atoms with Gasteiger partial charge in [0.1, 0.15) is 0 Å². The van der Waals surface area contributed by atoms with Crippen LogP contribution in [0.25, 0.3) is 0 Å². The summed E-state index contributed by atoms with van der Waals surface area (Å²) in [5.74, 6) is -0.356. The highest BCUT2D eigenvalue weighted by atomic mass is 79.9. The van der Waals surface area contributed by atoms with E-state index in [1.165, 1.54) is 4.31 Å². The Hall–Kier alpha value is -0.920. The number of carbonyl (C=O) groups is 1. The number of benzene rings is 1. The lowest BCUT2D eigenvalue weighted by Crippen LogP contribution is -2.42. The molecule has 0 heterocycles. The number of nitrogens with one attached hydrogen (secondary N) is 1. The van der Waals surface area contributed by atoms with Gasteiger partial charge in [-0.3, -0.25) is 4.79 Å². The molecule has 0 fully saturated rings. The molecule has 7 heteroatoms. The molecular formula is C14H21BrN2O3S. The summed E-state index contributed by atoms with van der Waals surface area (Å²) in [4.78, 5) is 12.1. The van der Waals surface area contributed by atoms with Crippen LogP contribution in [0.15, 0.2) is 22.7 Å². The third-order valence-corrected chi connectivity index (χ3v) is 5.20. The number of halogens is 1. The van der Waals surface area contributed by atoms with E-state index in [1.807, 2.05) is 26.0 Å². The fraction of sp³-hybridized carbons (Fsp3) is 0.500. The summed E-state index contributed by atoms with van der Waals surface area (Å²) in [7, 11) is -3.42. The molecular weight excluding hydrogens is 356 g/mol. The number of amides is 1. The highest BCUT2D eigenvalue weighted by Gasteiger charge is 2.24. The van der Waals surface area contributed by atoms with Crippen molar-refractivity contribution < 1.29 is 13.2 Å². The van der Waals surface area contributed by atoms with Crippen molar-refractivity contribution in [1.82, 2.24) is 4.31 Å². The van der Waals surface area contributed by atoms with Crippen LogP contribution in [-0.4, -0.2) is 37.5 Å². The van der Waals surface area contributed by atoms with E-state index in [4.69, 9.17) is 0 Å². The fourth-order valence-electron chi connectivity index (χ4n) is 1.86. The molecule has 0 bridgehead atoms. The van der Waals surface area contributed by atoms with Gasteiger partial charge >= 0.3 is 0 Å². The van der Waals surface area contributed by atoms with Crippen molar-refractivity contribution in [1.29, 1.82) is 0 Å². The standard InChI is InChI=1S/C14H21BrN2O3S/c1-5-11(3)17(21(4,19)20)9-14(18)16-13-7-6-10(2)8-12(13)15/h6-8,11H,5,9H2,1-4H3,(H,16,18). The number of anilines is 1. The van der Waals surface area contributed by atoms with Crippen molar-refractivity contribution in [3.05, 3.63) is 28.2 Å². The van der Waals surface area contributed by atoms with Gasteiger partial charge in [-0.05, 0) is 53.9 Å². The van der Waals surface area contributed by atoms with E-state index in [0.29, 0.717) is 12.1 Å². The second-order valence-corrected chi connectivity index (χ2v) is 7.89. The van der Waals surface area contributed by atoms with Gasteiger partial charge in [0.2, 0.25) is 15.9 Å². The Morgan fingerprint density at radius 2 is 2.05 bits per heavy atom. The first-order chi connectivity index (χ1) is 9.65. The Kier molecular flexibility index (Phi) is 6.37. The van der Waals surface area contributed by atoms with Gasteiger partial charge < -0.3 is 5.32 Å². The number of aryl methyl sites for hydroxylation is 1. The number of hydrogen-bond acceptors (Lipinski definition) is 3. The van der Waals surface area contributed by atoms with Crippen molar-refractivity contribution in [2.45, 2.75) is 33.2 Å². The van der Waals surface area contributed by atoms with Gasteiger partial charge in [-0.2, -0.15) is 4.31 Å². The molecule has 1 N–H and O–H groups in total. The van der Waals surface area contributed by atoms with Gasteiger partial charge in [0.15, 0.2) is 0 Å². The first-order valence-corrected chi connectivity index (χ1v) is 9.32. The minimum Gasteiger partial charge on any atom is -0.324 e. The lowest BCUT2D eigenvalue weighted by atomic mass is 10.2. The number of hydrogen-bond donors (Lipinski definition) is 1. The van der Waals surface area contributed by atoms with Crippen molar-refractivity contribution in [3.63, 3.8) is 0 Å². The molecule has 0 aromatic heterocycles. The minimum absolute atomic E-state index is 0.186. The average Bonchev–Trinajstić information content (AvgIpc) is 2.37. The van der Waals surface area contributed by atoms with Crippen LogP contribution in [0, 0.1) is 6.92 Å². The molecule has 21 heavy (non-hydrogen) atoms. The number of sulfonamides is 1. The molecule has 1 rings (SSSR count). The molecule has 1 amide bonds. The van der Waals surface area contributed by atoms with Crippen molar-refractivity contribution in [2.75, 3.05) is 18.1 Å². The molecule has 1 aromatic rings. The van der Waals surface area contributed by atoms with Gasteiger partial charge in [-0.25, -0.2) is 8.42 Å². The SMILES string of the molecule is CCC(C)N(CC(=O)Nc1ccc(C)cc1Br)S(C)(=O)=O. The van der Waals surface area contributed by atoms with Crippen LogP contribution in [0.4, 0.5) is 5.69 Å². The topological polar surface area (TPSA) is 66.5 Å². The highest BCUT2D eigenvalue weighted by Crippen LogP contribution is 2.23. The third kappa shape index (κ3) is 5.41. The van der Waals surface area contributed by atoms with Crippen LogP contribution in [0.3, 0.4) is 0 Å². The average molecular weight is 377 g/mol. The number of carbonyl (C=O) groups excluding carboxylic acids is 1. The van der Waals surface area contributed by atoms with E-state index >= 15 is 0 Å². The van der Waals surface area contributed by atoms with Crippen molar-refractivity contribution in [3.8, 4) is 0 Å². The normalized spacial score (nSPS) is 13.2. The van der Waals surface area contributed by atoms with Crippen LogP contribution in [-0.2, 0) is 14.8 Å². The minimum atomic E-state index is -3.42.